The van der Waals surface area contributed by atoms with E-state index in [2.05, 4.69) is 33.7 Å². The summed E-state index contributed by atoms with van der Waals surface area (Å²) in [6.07, 6.45) is 4.47. The number of nitrogens with one attached hydrogen (secondary N) is 2. The summed E-state index contributed by atoms with van der Waals surface area (Å²) in [7, 11) is 1.97. The number of nitrogens with zero attached hydrogens (tertiary/aromatic N) is 3. The van der Waals surface area contributed by atoms with Gasteiger partial charge in [0, 0.05) is 25.8 Å². The Kier molecular flexibility index (Phi) is 8.61. The van der Waals surface area contributed by atoms with E-state index in [9.17, 15) is 0 Å². The highest BCUT2D eigenvalue weighted by atomic mass is 32.1. The van der Waals surface area contributed by atoms with Crippen LogP contribution in [0.15, 0.2) is 29.4 Å². The summed E-state index contributed by atoms with van der Waals surface area (Å²) >= 11 is 5.11. The second-order valence-corrected chi connectivity index (χ2v) is 5.31. The molecule has 0 aliphatic heterocycles. The molecular weight excluding hydrogens is 294 g/mol. The molecule has 1 rings (SSSR count). The van der Waals surface area contributed by atoms with Crippen LogP contribution in [-0.4, -0.2) is 31.5 Å². The van der Waals surface area contributed by atoms with Crippen molar-refractivity contribution in [2.24, 2.45) is 5.10 Å². The number of nitriles is 1. The molecule has 1 aromatic rings. The molecule has 0 amide bonds. The van der Waals surface area contributed by atoms with Crippen LogP contribution in [0.2, 0.25) is 0 Å². The van der Waals surface area contributed by atoms with Crippen LogP contribution in [0.4, 0.5) is 5.69 Å². The number of thiocarbonyl (C=S) groups is 1. The van der Waals surface area contributed by atoms with Crippen LogP contribution in [0, 0.1) is 11.3 Å². The van der Waals surface area contributed by atoms with Crippen LogP contribution in [0.5, 0.6) is 0 Å². The Bertz CT molecular complexity index is 518. The first kappa shape index (κ1) is 17.9. The second kappa shape index (κ2) is 10.6. The Morgan fingerprint density at radius 3 is 2.77 bits per heavy atom. The third kappa shape index (κ3) is 7.04. The summed E-state index contributed by atoms with van der Waals surface area (Å²) < 4.78 is 0. The van der Waals surface area contributed by atoms with E-state index in [1.165, 1.54) is 0 Å². The van der Waals surface area contributed by atoms with Gasteiger partial charge in [-0.05, 0) is 36.3 Å². The van der Waals surface area contributed by atoms with Gasteiger partial charge in [-0.3, -0.25) is 5.43 Å². The molecule has 0 heterocycles. The molecule has 0 radical (unpaired) electrons. The number of hydrazone groups is 1. The quantitative estimate of drug-likeness (QED) is 0.334. The fourth-order valence-electron chi connectivity index (χ4n) is 1.75. The standard InChI is InChI=1S/C16H23N5S/c1-3-4-11-18-16(22)20-19-13-14-6-8-15(9-7-14)21(2)12-5-10-17/h6-9,13H,3-5,11-12H2,1-2H3,(H2,18,20,22)/b19-13-. The molecular formula is C16H23N5S. The number of rotatable bonds is 8. The smallest absolute Gasteiger partial charge is 0.186 e. The minimum atomic E-state index is 0.520. The monoisotopic (exact) mass is 317 g/mol. The predicted molar refractivity (Wildman–Crippen MR) is 96.2 cm³/mol. The van der Waals surface area contributed by atoms with Crippen molar-refractivity contribution in [2.45, 2.75) is 26.2 Å². The van der Waals surface area contributed by atoms with E-state index in [4.69, 9.17) is 17.5 Å². The molecule has 5 nitrogen and oxygen atoms in total. The Balaban J connectivity index is 2.42. The zero-order valence-electron chi connectivity index (χ0n) is 13.2. The fourth-order valence-corrected chi connectivity index (χ4v) is 1.90. The third-order valence-electron chi connectivity index (χ3n) is 3.09. The van der Waals surface area contributed by atoms with Crippen molar-refractivity contribution in [2.75, 3.05) is 25.0 Å². The average Bonchev–Trinajstić information content (AvgIpc) is 2.53. The molecule has 1 aromatic carbocycles. The molecule has 0 saturated carbocycles. The lowest BCUT2D eigenvalue weighted by Gasteiger charge is -2.17. The summed E-state index contributed by atoms with van der Waals surface area (Å²) in [4.78, 5) is 2.05. The second-order valence-electron chi connectivity index (χ2n) is 4.90. The highest BCUT2D eigenvalue weighted by Gasteiger charge is 1.99. The topological polar surface area (TPSA) is 63.5 Å². The molecule has 0 atom stereocenters. The van der Waals surface area contributed by atoms with Gasteiger partial charge >= 0.3 is 0 Å². The molecule has 0 aromatic heterocycles. The first-order chi connectivity index (χ1) is 10.7. The van der Waals surface area contributed by atoms with E-state index < -0.39 is 0 Å². The Morgan fingerprint density at radius 2 is 2.14 bits per heavy atom. The van der Waals surface area contributed by atoms with Gasteiger partial charge in [-0.2, -0.15) is 10.4 Å². The number of hydrogen-bond donors (Lipinski definition) is 2. The molecule has 6 heteroatoms. The van der Waals surface area contributed by atoms with Gasteiger partial charge in [0.15, 0.2) is 5.11 Å². The van der Waals surface area contributed by atoms with Crippen LogP contribution in [0.1, 0.15) is 31.7 Å². The van der Waals surface area contributed by atoms with E-state index in [0.717, 1.165) is 37.2 Å². The fraction of sp³-hybridized carbons (Fsp3) is 0.438. The van der Waals surface area contributed by atoms with Gasteiger partial charge in [-0.15, -0.1) is 0 Å². The zero-order valence-corrected chi connectivity index (χ0v) is 14.0. The summed E-state index contributed by atoms with van der Waals surface area (Å²) in [5, 5.41) is 16.3. The zero-order chi connectivity index (χ0) is 16.2. The van der Waals surface area contributed by atoms with Crippen molar-refractivity contribution in [3.63, 3.8) is 0 Å². The lowest BCUT2D eigenvalue weighted by Crippen LogP contribution is -2.32. The van der Waals surface area contributed by atoms with Crippen LogP contribution in [-0.2, 0) is 0 Å². The first-order valence-corrected chi connectivity index (χ1v) is 7.83. The van der Waals surface area contributed by atoms with Gasteiger partial charge in [0.1, 0.15) is 0 Å². The van der Waals surface area contributed by atoms with Gasteiger partial charge in [-0.25, -0.2) is 0 Å². The number of hydrogen-bond acceptors (Lipinski definition) is 4. The average molecular weight is 317 g/mol. The minimum Gasteiger partial charge on any atom is -0.374 e. The Labute approximate surface area is 138 Å². The summed E-state index contributed by atoms with van der Waals surface area (Å²) in [6.45, 7) is 3.72. The summed E-state index contributed by atoms with van der Waals surface area (Å²) in [6, 6.07) is 10.1. The maximum Gasteiger partial charge on any atom is 0.186 e. The molecule has 0 spiro atoms. The normalized spacial score (nSPS) is 10.2. The van der Waals surface area contributed by atoms with Crippen LogP contribution in [0.3, 0.4) is 0 Å². The molecule has 2 N–H and O–H groups in total. The van der Waals surface area contributed by atoms with E-state index in [1.54, 1.807) is 6.21 Å². The Hall–Kier alpha value is -2.13. The highest BCUT2D eigenvalue weighted by Crippen LogP contribution is 2.13. The molecule has 0 fully saturated rings. The van der Waals surface area contributed by atoms with E-state index in [1.807, 2.05) is 31.3 Å². The summed E-state index contributed by atoms with van der Waals surface area (Å²) in [5.74, 6) is 0. The van der Waals surface area contributed by atoms with Crippen LogP contribution >= 0.6 is 12.2 Å². The SMILES string of the molecule is CCCCNC(=S)N/N=C\c1ccc(N(C)CCC#N)cc1. The maximum atomic E-state index is 8.60. The van der Waals surface area contributed by atoms with E-state index in [0.29, 0.717) is 11.5 Å². The molecule has 0 unspecified atom stereocenters. The predicted octanol–water partition coefficient (Wildman–Crippen LogP) is 2.63. The van der Waals surface area contributed by atoms with Gasteiger partial charge in [0.05, 0.1) is 18.7 Å². The Morgan fingerprint density at radius 1 is 1.41 bits per heavy atom. The number of anilines is 1. The molecule has 0 aliphatic carbocycles. The largest absolute Gasteiger partial charge is 0.374 e. The highest BCUT2D eigenvalue weighted by molar-refractivity contribution is 7.80. The third-order valence-corrected chi connectivity index (χ3v) is 3.32. The van der Waals surface area contributed by atoms with E-state index in [-0.39, 0.29) is 0 Å². The minimum absolute atomic E-state index is 0.520. The van der Waals surface area contributed by atoms with Crippen molar-refractivity contribution in [3.8, 4) is 6.07 Å². The van der Waals surface area contributed by atoms with Gasteiger partial charge in [-0.1, -0.05) is 25.5 Å². The van der Waals surface area contributed by atoms with Crippen molar-refractivity contribution in [1.82, 2.24) is 10.7 Å². The summed E-state index contributed by atoms with van der Waals surface area (Å²) in [5.41, 5.74) is 4.87. The van der Waals surface area contributed by atoms with Gasteiger partial charge in [0.2, 0.25) is 0 Å². The molecule has 0 aliphatic rings. The molecule has 0 bridgehead atoms. The van der Waals surface area contributed by atoms with Crippen LogP contribution in [0.25, 0.3) is 0 Å². The van der Waals surface area contributed by atoms with Gasteiger partial charge in [0.25, 0.3) is 0 Å². The van der Waals surface area contributed by atoms with E-state index >= 15 is 0 Å². The van der Waals surface area contributed by atoms with Crippen molar-refractivity contribution < 1.29 is 0 Å². The maximum absolute atomic E-state index is 8.60. The van der Waals surface area contributed by atoms with Crippen LogP contribution < -0.4 is 15.6 Å². The number of unbranched alkanes of at least 4 members (excludes halogenated alkanes) is 1. The molecule has 22 heavy (non-hydrogen) atoms. The van der Waals surface area contributed by atoms with Crippen molar-refractivity contribution in [1.29, 1.82) is 5.26 Å². The lowest BCUT2D eigenvalue weighted by molar-refractivity contribution is 0.745. The number of benzene rings is 1. The first-order valence-electron chi connectivity index (χ1n) is 7.42. The lowest BCUT2D eigenvalue weighted by atomic mass is 10.2. The van der Waals surface area contributed by atoms with Crippen molar-refractivity contribution in [3.05, 3.63) is 29.8 Å². The van der Waals surface area contributed by atoms with Crippen molar-refractivity contribution >= 4 is 29.2 Å². The van der Waals surface area contributed by atoms with Gasteiger partial charge < -0.3 is 10.2 Å². The molecule has 0 saturated heterocycles. The molecule has 118 valence electrons.